The first-order valence-corrected chi connectivity index (χ1v) is 5.56. The molecule has 2 aromatic rings. The van der Waals surface area contributed by atoms with Gasteiger partial charge in [-0.25, -0.2) is 4.63 Å². The number of hydrogen-bond acceptors (Lipinski definition) is 8. The Morgan fingerprint density at radius 1 is 1.37 bits per heavy atom. The standard InChI is InChI=1S/C10H12N4O5/c15-4-6-18-5-3-11-7-1-2-8(14(16)17)10-9(7)12-19-13-10/h1-2,11,15H,3-6H2. The molecule has 0 radical (unpaired) electrons. The van der Waals surface area contributed by atoms with Gasteiger partial charge >= 0.3 is 5.69 Å². The third-order valence-corrected chi connectivity index (χ3v) is 2.39. The van der Waals surface area contributed by atoms with Crippen LogP contribution in [0.4, 0.5) is 11.4 Å². The van der Waals surface area contributed by atoms with Gasteiger partial charge in [0, 0.05) is 12.6 Å². The Kier molecular flexibility index (Phi) is 4.21. The monoisotopic (exact) mass is 268 g/mol. The van der Waals surface area contributed by atoms with Gasteiger partial charge in [-0.3, -0.25) is 10.1 Å². The second-order valence-corrected chi connectivity index (χ2v) is 3.61. The van der Waals surface area contributed by atoms with Crippen molar-refractivity contribution in [2.45, 2.75) is 0 Å². The van der Waals surface area contributed by atoms with Gasteiger partial charge in [-0.1, -0.05) is 0 Å². The van der Waals surface area contributed by atoms with Gasteiger partial charge in [-0.05, 0) is 16.4 Å². The van der Waals surface area contributed by atoms with E-state index < -0.39 is 4.92 Å². The molecule has 1 heterocycles. The Hall–Kier alpha value is -2.26. The molecular formula is C10H12N4O5. The minimum absolute atomic E-state index is 0.0328. The number of aliphatic hydroxyl groups is 1. The maximum Gasteiger partial charge on any atom is 0.300 e. The molecule has 0 aliphatic rings. The maximum atomic E-state index is 10.8. The van der Waals surface area contributed by atoms with Gasteiger partial charge in [0.1, 0.15) is 0 Å². The number of aromatic nitrogens is 2. The molecular weight excluding hydrogens is 256 g/mol. The highest BCUT2D eigenvalue weighted by Gasteiger charge is 2.19. The minimum atomic E-state index is -0.541. The smallest absolute Gasteiger partial charge is 0.300 e. The maximum absolute atomic E-state index is 10.8. The second kappa shape index (κ2) is 6.07. The molecule has 2 N–H and O–H groups in total. The summed E-state index contributed by atoms with van der Waals surface area (Å²) in [5.74, 6) is 0. The first kappa shape index (κ1) is 13.2. The van der Waals surface area contributed by atoms with Gasteiger partial charge in [0.2, 0.25) is 5.52 Å². The van der Waals surface area contributed by atoms with E-state index in [2.05, 4.69) is 20.3 Å². The number of nitro groups is 1. The van der Waals surface area contributed by atoms with Crippen molar-refractivity contribution in [3.63, 3.8) is 0 Å². The Balaban J connectivity index is 2.10. The molecule has 0 aliphatic heterocycles. The lowest BCUT2D eigenvalue weighted by atomic mass is 10.2. The Bertz CT molecular complexity index is 570. The summed E-state index contributed by atoms with van der Waals surface area (Å²) in [5, 5.41) is 29.5. The van der Waals surface area contributed by atoms with E-state index in [1.54, 1.807) is 0 Å². The Morgan fingerprint density at radius 2 is 2.16 bits per heavy atom. The highest BCUT2D eigenvalue weighted by Crippen LogP contribution is 2.28. The first-order valence-electron chi connectivity index (χ1n) is 5.56. The highest BCUT2D eigenvalue weighted by molar-refractivity contribution is 5.93. The van der Waals surface area contributed by atoms with Crippen LogP contribution in [0.5, 0.6) is 0 Å². The van der Waals surface area contributed by atoms with Crippen molar-refractivity contribution in [1.29, 1.82) is 0 Å². The molecule has 0 aliphatic carbocycles. The predicted molar refractivity (Wildman–Crippen MR) is 64.9 cm³/mol. The van der Waals surface area contributed by atoms with Crippen molar-refractivity contribution in [3.05, 3.63) is 22.2 Å². The van der Waals surface area contributed by atoms with Crippen LogP contribution < -0.4 is 5.32 Å². The summed E-state index contributed by atoms with van der Waals surface area (Å²) in [5.41, 5.74) is 0.829. The molecule has 102 valence electrons. The summed E-state index contributed by atoms with van der Waals surface area (Å²) in [6, 6.07) is 2.88. The molecule has 0 amide bonds. The zero-order chi connectivity index (χ0) is 13.7. The summed E-state index contributed by atoms with van der Waals surface area (Å²) >= 11 is 0. The molecule has 0 unspecified atom stereocenters. The normalized spacial score (nSPS) is 10.8. The van der Waals surface area contributed by atoms with Crippen molar-refractivity contribution >= 4 is 22.4 Å². The average Bonchev–Trinajstić information content (AvgIpc) is 2.87. The van der Waals surface area contributed by atoms with Crippen LogP contribution in [0.1, 0.15) is 0 Å². The van der Waals surface area contributed by atoms with Gasteiger partial charge < -0.3 is 15.2 Å². The number of anilines is 1. The molecule has 9 nitrogen and oxygen atoms in total. The van der Waals surface area contributed by atoms with E-state index in [1.165, 1.54) is 12.1 Å². The largest absolute Gasteiger partial charge is 0.394 e. The van der Waals surface area contributed by atoms with Crippen molar-refractivity contribution < 1.29 is 19.4 Å². The fourth-order valence-electron chi connectivity index (χ4n) is 1.57. The van der Waals surface area contributed by atoms with E-state index in [0.717, 1.165) is 0 Å². The lowest BCUT2D eigenvalue weighted by molar-refractivity contribution is -0.383. The molecule has 0 atom stereocenters. The van der Waals surface area contributed by atoms with Crippen molar-refractivity contribution in [1.82, 2.24) is 10.3 Å². The predicted octanol–water partition coefficient (Wildman–Crippen LogP) is 0.552. The summed E-state index contributed by atoms with van der Waals surface area (Å²) in [6.45, 7) is 1.10. The molecule has 0 spiro atoms. The van der Waals surface area contributed by atoms with Gasteiger partial charge in [0.15, 0.2) is 5.52 Å². The number of nitrogens with one attached hydrogen (secondary N) is 1. The lowest BCUT2D eigenvalue weighted by Crippen LogP contribution is -2.11. The molecule has 1 aromatic carbocycles. The third-order valence-electron chi connectivity index (χ3n) is 2.39. The number of nitrogens with zero attached hydrogens (tertiary/aromatic N) is 3. The number of hydrogen-bond donors (Lipinski definition) is 2. The van der Waals surface area contributed by atoms with Crippen LogP contribution in [-0.2, 0) is 4.74 Å². The third kappa shape index (κ3) is 2.95. The second-order valence-electron chi connectivity index (χ2n) is 3.61. The van der Waals surface area contributed by atoms with Crippen LogP contribution in [0.25, 0.3) is 11.0 Å². The lowest BCUT2D eigenvalue weighted by Gasteiger charge is -2.06. The van der Waals surface area contributed by atoms with E-state index in [-0.39, 0.29) is 24.4 Å². The fraction of sp³-hybridized carbons (Fsp3) is 0.400. The quantitative estimate of drug-likeness (QED) is 0.424. The number of fused-ring (bicyclic) bond motifs is 1. The zero-order valence-corrected chi connectivity index (χ0v) is 9.90. The van der Waals surface area contributed by atoms with Crippen LogP contribution in [0, 0.1) is 10.1 Å². The van der Waals surface area contributed by atoms with Gasteiger partial charge in [0.05, 0.1) is 30.4 Å². The molecule has 0 saturated heterocycles. The van der Waals surface area contributed by atoms with Crippen LogP contribution in [0.15, 0.2) is 16.8 Å². The molecule has 1 aromatic heterocycles. The first-order chi connectivity index (χ1) is 9.24. The topological polar surface area (TPSA) is 124 Å². The van der Waals surface area contributed by atoms with E-state index in [1.807, 2.05) is 0 Å². The Labute approximate surface area is 107 Å². The van der Waals surface area contributed by atoms with Crippen LogP contribution in [0.3, 0.4) is 0 Å². The zero-order valence-electron chi connectivity index (χ0n) is 9.90. The molecule has 19 heavy (non-hydrogen) atoms. The summed E-state index contributed by atoms with van der Waals surface area (Å²) < 4.78 is 9.61. The van der Waals surface area contributed by atoms with E-state index in [0.29, 0.717) is 24.4 Å². The highest BCUT2D eigenvalue weighted by atomic mass is 16.6. The molecule has 0 bridgehead atoms. The van der Waals surface area contributed by atoms with E-state index in [4.69, 9.17) is 9.84 Å². The number of rotatable bonds is 7. The van der Waals surface area contributed by atoms with Crippen molar-refractivity contribution in [2.75, 3.05) is 31.7 Å². The van der Waals surface area contributed by atoms with Gasteiger partial charge in [-0.2, -0.15) is 0 Å². The number of aliphatic hydroxyl groups excluding tert-OH is 1. The van der Waals surface area contributed by atoms with Crippen LogP contribution in [-0.4, -0.2) is 46.7 Å². The van der Waals surface area contributed by atoms with Crippen molar-refractivity contribution in [3.8, 4) is 0 Å². The Morgan fingerprint density at radius 3 is 2.89 bits per heavy atom. The molecule has 9 heteroatoms. The van der Waals surface area contributed by atoms with Gasteiger partial charge in [0.25, 0.3) is 0 Å². The molecule has 2 rings (SSSR count). The summed E-state index contributed by atoms with van der Waals surface area (Å²) in [6.07, 6.45) is 0. The SMILES string of the molecule is O=[N+]([O-])c1ccc(NCCOCCO)c2nonc12. The summed E-state index contributed by atoms with van der Waals surface area (Å²) in [7, 11) is 0. The van der Waals surface area contributed by atoms with E-state index >= 15 is 0 Å². The van der Waals surface area contributed by atoms with E-state index in [9.17, 15) is 10.1 Å². The molecule has 0 saturated carbocycles. The number of nitro benzene ring substituents is 1. The average molecular weight is 268 g/mol. The minimum Gasteiger partial charge on any atom is -0.394 e. The number of non-ortho nitro benzene ring substituents is 1. The summed E-state index contributed by atoms with van der Waals surface area (Å²) in [4.78, 5) is 10.2. The van der Waals surface area contributed by atoms with Crippen LogP contribution in [0.2, 0.25) is 0 Å². The molecule has 0 fully saturated rings. The fourth-order valence-corrected chi connectivity index (χ4v) is 1.57. The van der Waals surface area contributed by atoms with Gasteiger partial charge in [-0.15, -0.1) is 0 Å². The number of ether oxygens (including phenoxy) is 1. The van der Waals surface area contributed by atoms with Crippen LogP contribution >= 0.6 is 0 Å². The number of benzene rings is 1. The van der Waals surface area contributed by atoms with Crippen molar-refractivity contribution in [2.24, 2.45) is 0 Å².